The zero-order valence-corrected chi connectivity index (χ0v) is 13.7. The van der Waals surface area contributed by atoms with Crippen molar-refractivity contribution in [3.8, 4) is 17.2 Å². The zero-order valence-electron chi connectivity index (χ0n) is 13.7. The molecule has 1 amide bonds. The first-order valence-corrected chi connectivity index (χ1v) is 7.24. The lowest BCUT2D eigenvalue weighted by atomic mass is 10.1. The van der Waals surface area contributed by atoms with Crippen LogP contribution in [0.4, 0.5) is 0 Å². The van der Waals surface area contributed by atoms with E-state index in [1.807, 2.05) is 18.7 Å². The van der Waals surface area contributed by atoms with Gasteiger partial charge in [-0.15, -0.1) is 0 Å². The molecule has 0 N–H and O–H groups in total. The molecule has 2 unspecified atom stereocenters. The minimum atomic E-state index is -0.0677. The molecule has 2 rings (SSSR count). The molecule has 0 aromatic heterocycles. The fraction of sp³-hybridized carbons (Fsp3) is 0.562. The van der Waals surface area contributed by atoms with Gasteiger partial charge in [-0.1, -0.05) is 0 Å². The summed E-state index contributed by atoms with van der Waals surface area (Å²) in [6.45, 7) is 5.04. The van der Waals surface area contributed by atoms with E-state index in [0.29, 0.717) is 36.0 Å². The summed E-state index contributed by atoms with van der Waals surface area (Å²) in [5, 5.41) is 0. The lowest BCUT2D eigenvalue weighted by Gasteiger charge is -2.37. The Kier molecular flexibility index (Phi) is 5.13. The van der Waals surface area contributed by atoms with Gasteiger partial charge in [-0.3, -0.25) is 4.79 Å². The Morgan fingerprint density at radius 2 is 1.73 bits per heavy atom. The summed E-state index contributed by atoms with van der Waals surface area (Å²) < 4.78 is 21.5. The summed E-state index contributed by atoms with van der Waals surface area (Å²) in [4.78, 5) is 14.6. The predicted octanol–water partition coefficient (Wildman–Crippen LogP) is 1.96. The zero-order chi connectivity index (χ0) is 16.3. The second-order valence-corrected chi connectivity index (χ2v) is 5.36. The first kappa shape index (κ1) is 16.4. The van der Waals surface area contributed by atoms with Crippen molar-refractivity contribution in [3.05, 3.63) is 17.7 Å². The Labute approximate surface area is 130 Å². The molecule has 6 heteroatoms. The molecular formula is C16H23NO5. The number of benzene rings is 1. The van der Waals surface area contributed by atoms with Crippen LogP contribution in [0.3, 0.4) is 0 Å². The highest BCUT2D eigenvalue weighted by Gasteiger charge is 2.29. The third-order valence-corrected chi connectivity index (χ3v) is 3.78. The van der Waals surface area contributed by atoms with E-state index in [1.54, 1.807) is 12.1 Å². The maximum Gasteiger partial charge on any atom is 0.254 e. The van der Waals surface area contributed by atoms with E-state index >= 15 is 0 Å². The van der Waals surface area contributed by atoms with E-state index in [-0.39, 0.29) is 18.1 Å². The Hall–Kier alpha value is -1.95. The largest absolute Gasteiger partial charge is 0.493 e. The number of nitrogens with zero attached hydrogens (tertiary/aromatic N) is 1. The predicted molar refractivity (Wildman–Crippen MR) is 82.0 cm³/mol. The molecule has 0 bridgehead atoms. The van der Waals surface area contributed by atoms with Gasteiger partial charge in [0.15, 0.2) is 11.5 Å². The smallest absolute Gasteiger partial charge is 0.254 e. The second-order valence-electron chi connectivity index (χ2n) is 5.36. The van der Waals surface area contributed by atoms with E-state index < -0.39 is 0 Å². The molecule has 0 spiro atoms. The Balaban J connectivity index is 2.36. The van der Waals surface area contributed by atoms with Crippen molar-refractivity contribution >= 4 is 5.91 Å². The monoisotopic (exact) mass is 309 g/mol. The van der Waals surface area contributed by atoms with Crippen LogP contribution in [0, 0.1) is 0 Å². The van der Waals surface area contributed by atoms with Crippen LogP contribution < -0.4 is 14.2 Å². The quantitative estimate of drug-likeness (QED) is 0.851. The van der Waals surface area contributed by atoms with Crippen molar-refractivity contribution in [2.75, 3.05) is 34.5 Å². The lowest BCUT2D eigenvalue weighted by Crippen LogP contribution is -2.50. The molecule has 122 valence electrons. The highest BCUT2D eigenvalue weighted by molar-refractivity contribution is 5.96. The molecule has 1 aliphatic heterocycles. The number of methoxy groups -OCH3 is 3. The van der Waals surface area contributed by atoms with Gasteiger partial charge < -0.3 is 23.8 Å². The average molecular weight is 309 g/mol. The molecule has 0 radical (unpaired) electrons. The Morgan fingerprint density at radius 1 is 1.14 bits per heavy atom. The van der Waals surface area contributed by atoms with Crippen LogP contribution in [0.25, 0.3) is 0 Å². The van der Waals surface area contributed by atoms with Crippen LogP contribution in [0.15, 0.2) is 12.1 Å². The molecule has 0 aliphatic carbocycles. The third kappa shape index (κ3) is 3.11. The Bertz CT molecular complexity index is 520. The van der Waals surface area contributed by atoms with Crippen molar-refractivity contribution in [1.82, 2.24) is 4.90 Å². The third-order valence-electron chi connectivity index (χ3n) is 3.78. The fourth-order valence-electron chi connectivity index (χ4n) is 2.56. The molecule has 1 aliphatic rings. The SMILES string of the molecule is COc1cc(C(=O)N2CC(C)OCC2C)cc(OC)c1OC. The number of morpholine rings is 1. The maximum absolute atomic E-state index is 12.8. The minimum absolute atomic E-state index is 0.0298. The number of rotatable bonds is 4. The molecule has 2 atom stereocenters. The minimum Gasteiger partial charge on any atom is -0.493 e. The molecule has 22 heavy (non-hydrogen) atoms. The van der Waals surface area contributed by atoms with Crippen LogP contribution in [0.2, 0.25) is 0 Å². The van der Waals surface area contributed by atoms with Crippen LogP contribution in [-0.2, 0) is 4.74 Å². The van der Waals surface area contributed by atoms with E-state index in [2.05, 4.69) is 0 Å². The summed E-state index contributed by atoms with van der Waals surface area (Å²) in [5.41, 5.74) is 0.510. The van der Waals surface area contributed by atoms with Crippen molar-refractivity contribution in [3.63, 3.8) is 0 Å². The summed E-state index contributed by atoms with van der Waals surface area (Å²) in [5.74, 6) is 1.35. The van der Waals surface area contributed by atoms with Gasteiger partial charge in [-0.2, -0.15) is 0 Å². The van der Waals surface area contributed by atoms with Crippen molar-refractivity contribution in [2.45, 2.75) is 26.0 Å². The van der Waals surface area contributed by atoms with E-state index in [0.717, 1.165) is 0 Å². The molecule has 1 aromatic carbocycles. The number of ether oxygens (including phenoxy) is 4. The molecule has 1 saturated heterocycles. The van der Waals surface area contributed by atoms with Crippen LogP contribution in [-0.4, -0.2) is 57.4 Å². The number of hydrogen-bond donors (Lipinski definition) is 0. The molecule has 0 saturated carbocycles. The summed E-state index contributed by atoms with van der Waals surface area (Å²) in [6, 6.07) is 3.38. The van der Waals surface area contributed by atoms with Gasteiger partial charge in [0.2, 0.25) is 5.75 Å². The van der Waals surface area contributed by atoms with Crippen molar-refractivity contribution in [1.29, 1.82) is 0 Å². The van der Waals surface area contributed by atoms with Gasteiger partial charge in [0.05, 0.1) is 40.1 Å². The maximum atomic E-state index is 12.8. The number of carbonyl (C=O) groups excluding carboxylic acids is 1. The van der Waals surface area contributed by atoms with Gasteiger partial charge in [0.1, 0.15) is 0 Å². The van der Waals surface area contributed by atoms with Crippen molar-refractivity contribution in [2.24, 2.45) is 0 Å². The Morgan fingerprint density at radius 3 is 2.23 bits per heavy atom. The first-order chi connectivity index (χ1) is 10.5. The standard InChI is InChI=1S/C16H23NO5/c1-10-9-22-11(2)8-17(10)16(18)12-6-13(19-3)15(21-5)14(7-12)20-4/h6-7,10-11H,8-9H2,1-5H3. The first-order valence-electron chi connectivity index (χ1n) is 7.24. The van der Waals surface area contributed by atoms with E-state index in [4.69, 9.17) is 18.9 Å². The van der Waals surface area contributed by atoms with Gasteiger partial charge in [-0.05, 0) is 26.0 Å². The van der Waals surface area contributed by atoms with Crippen molar-refractivity contribution < 1.29 is 23.7 Å². The highest BCUT2D eigenvalue weighted by Crippen LogP contribution is 2.38. The number of hydrogen-bond acceptors (Lipinski definition) is 5. The highest BCUT2D eigenvalue weighted by atomic mass is 16.5. The molecule has 6 nitrogen and oxygen atoms in total. The second kappa shape index (κ2) is 6.87. The van der Waals surface area contributed by atoms with Crippen LogP contribution in [0.1, 0.15) is 24.2 Å². The van der Waals surface area contributed by atoms with Gasteiger partial charge >= 0.3 is 0 Å². The lowest BCUT2D eigenvalue weighted by molar-refractivity contribution is -0.0387. The number of carbonyl (C=O) groups is 1. The average Bonchev–Trinajstić information content (AvgIpc) is 2.54. The number of amides is 1. The molecular weight excluding hydrogens is 286 g/mol. The normalized spacial score (nSPS) is 21.4. The topological polar surface area (TPSA) is 57.2 Å². The van der Waals surface area contributed by atoms with Crippen LogP contribution in [0.5, 0.6) is 17.2 Å². The van der Waals surface area contributed by atoms with Gasteiger partial charge in [0.25, 0.3) is 5.91 Å². The van der Waals surface area contributed by atoms with E-state index in [1.165, 1.54) is 21.3 Å². The molecule has 1 heterocycles. The van der Waals surface area contributed by atoms with Gasteiger partial charge in [0, 0.05) is 12.1 Å². The fourth-order valence-corrected chi connectivity index (χ4v) is 2.56. The summed E-state index contributed by atoms with van der Waals surface area (Å²) in [7, 11) is 4.60. The summed E-state index contributed by atoms with van der Waals surface area (Å²) in [6.07, 6.45) is 0.0298. The van der Waals surface area contributed by atoms with Crippen LogP contribution >= 0.6 is 0 Å². The van der Waals surface area contributed by atoms with E-state index in [9.17, 15) is 4.79 Å². The summed E-state index contributed by atoms with van der Waals surface area (Å²) >= 11 is 0. The molecule has 1 aromatic rings. The van der Waals surface area contributed by atoms with Gasteiger partial charge in [-0.25, -0.2) is 0 Å². The molecule has 1 fully saturated rings.